The molecule has 5 nitrogen and oxygen atoms in total. The van der Waals surface area contributed by atoms with Gasteiger partial charge in [-0.2, -0.15) is 5.26 Å². The van der Waals surface area contributed by atoms with E-state index in [1.54, 1.807) is 4.90 Å². The van der Waals surface area contributed by atoms with Gasteiger partial charge >= 0.3 is 0 Å². The van der Waals surface area contributed by atoms with Crippen LogP contribution in [0.15, 0.2) is 28.7 Å². The lowest BCUT2D eigenvalue weighted by atomic mass is 10.1. The van der Waals surface area contributed by atoms with Crippen molar-refractivity contribution in [3.63, 3.8) is 0 Å². The van der Waals surface area contributed by atoms with Crippen LogP contribution < -0.4 is 10.1 Å². The van der Waals surface area contributed by atoms with Gasteiger partial charge in [0.2, 0.25) is 5.91 Å². The first-order valence-electron chi connectivity index (χ1n) is 8.02. The zero-order valence-electron chi connectivity index (χ0n) is 12.9. The van der Waals surface area contributed by atoms with Crippen molar-refractivity contribution in [3.05, 3.63) is 28.7 Å². The summed E-state index contributed by atoms with van der Waals surface area (Å²) in [5.74, 6) is 0.897. The first kappa shape index (κ1) is 16.3. The van der Waals surface area contributed by atoms with Gasteiger partial charge < -0.3 is 9.64 Å². The fourth-order valence-corrected chi connectivity index (χ4v) is 3.50. The molecule has 2 saturated heterocycles. The minimum absolute atomic E-state index is 0.0696. The van der Waals surface area contributed by atoms with E-state index in [4.69, 9.17) is 10.00 Å². The summed E-state index contributed by atoms with van der Waals surface area (Å²) < 4.78 is 6.80. The standard InChI is InChI=1S/C17H20BrN3O2/c18-12-3-6-15(7-4-12)23-11-13-5-8-16(20-13)17(22)21-9-1-2-14(21)10-19/h3-4,6-7,13-14,16,20H,1-2,5,8-9,11H2/t13-,14+,16-/m1/s1. The number of ether oxygens (including phenoxy) is 1. The zero-order chi connectivity index (χ0) is 16.2. The van der Waals surface area contributed by atoms with Crippen molar-refractivity contribution in [2.24, 2.45) is 0 Å². The number of hydrogen-bond acceptors (Lipinski definition) is 4. The Hall–Kier alpha value is -1.58. The van der Waals surface area contributed by atoms with Crippen LogP contribution in [-0.2, 0) is 4.79 Å². The van der Waals surface area contributed by atoms with Crippen LogP contribution in [0.4, 0.5) is 0 Å². The molecule has 1 amide bonds. The quantitative estimate of drug-likeness (QED) is 0.874. The Morgan fingerprint density at radius 1 is 1.35 bits per heavy atom. The van der Waals surface area contributed by atoms with E-state index in [9.17, 15) is 4.79 Å². The maximum absolute atomic E-state index is 12.5. The van der Waals surface area contributed by atoms with Crippen LogP contribution in [0.25, 0.3) is 0 Å². The number of nitrogens with zero attached hydrogens (tertiary/aromatic N) is 2. The van der Waals surface area contributed by atoms with Crippen molar-refractivity contribution in [1.82, 2.24) is 10.2 Å². The van der Waals surface area contributed by atoms with Gasteiger partial charge in [0.15, 0.2) is 0 Å². The van der Waals surface area contributed by atoms with Crippen LogP contribution in [0.2, 0.25) is 0 Å². The molecule has 1 aromatic carbocycles. The third-order valence-electron chi connectivity index (χ3n) is 4.49. The summed E-state index contributed by atoms with van der Waals surface area (Å²) in [7, 11) is 0. The Labute approximate surface area is 144 Å². The van der Waals surface area contributed by atoms with Gasteiger partial charge in [0, 0.05) is 17.1 Å². The third kappa shape index (κ3) is 3.85. The Morgan fingerprint density at radius 3 is 2.87 bits per heavy atom. The molecule has 0 radical (unpaired) electrons. The van der Waals surface area contributed by atoms with E-state index in [2.05, 4.69) is 27.3 Å². The summed E-state index contributed by atoms with van der Waals surface area (Å²) in [5, 5.41) is 12.5. The van der Waals surface area contributed by atoms with Crippen LogP contribution in [-0.4, -0.2) is 42.1 Å². The van der Waals surface area contributed by atoms with Crippen LogP contribution in [0, 0.1) is 11.3 Å². The maximum Gasteiger partial charge on any atom is 0.240 e. The fraction of sp³-hybridized carbons (Fsp3) is 0.529. The number of carbonyl (C=O) groups is 1. The fourth-order valence-electron chi connectivity index (χ4n) is 3.24. The van der Waals surface area contributed by atoms with Crippen molar-refractivity contribution in [2.75, 3.05) is 13.2 Å². The first-order valence-corrected chi connectivity index (χ1v) is 8.81. The van der Waals surface area contributed by atoms with Gasteiger partial charge in [-0.15, -0.1) is 0 Å². The number of nitrogens with one attached hydrogen (secondary N) is 1. The molecule has 0 aromatic heterocycles. The van der Waals surface area contributed by atoms with Crippen molar-refractivity contribution >= 4 is 21.8 Å². The number of halogens is 1. The summed E-state index contributed by atoms with van der Waals surface area (Å²) >= 11 is 3.40. The topological polar surface area (TPSA) is 65.4 Å². The highest BCUT2D eigenvalue weighted by Gasteiger charge is 2.36. The summed E-state index contributed by atoms with van der Waals surface area (Å²) in [4.78, 5) is 14.3. The minimum Gasteiger partial charge on any atom is -0.492 e. The molecule has 2 fully saturated rings. The van der Waals surface area contributed by atoms with E-state index in [0.717, 1.165) is 35.9 Å². The monoisotopic (exact) mass is 377 g/mol. The predicted octanol–water partition coefficient (Wildman–Crippen LogP) is 2.46. The molecule has 2 aliphatic rings. The van der Waals surface area contributed by atoms with Gasteiger partial charge in [-0.05, 0) is 49.9 Å². The zero-order valence-corrected chi connectivity index (χ0v) is 14.5. The molecule has 2 aliphatic heterocycles. The molecule has 0 aliphatic carbocycles. The Kier molecular flexibility index (Phi) is 5.19. The van der Waals surface area contributed by atoms with Gasteiger partial charge in [0.05, 0.1) is 12.1 Å². The second kappa shape index (κ2) is 7.33. The van der Waals surface area contributed by atoms with Crippen molar-refractivity contribution < 1.29 is 9.53 Å². The van der Waals surface area contributed by atoms with Crippen LogP contribution in [0.5, 0.6) is 5.75 Å². The summed E-state index contributed by atoms with van der Waals surface area (Å²) in [6.45, 7) is 1.25. The number of rotatable bonds is 4. The Balaban J connectivity index is 1.49. The largest absolute Gasteiger partial charge is 0.492 e. The van der Waals surface area contributed by atoms with E-state index >= 15 is 0 Å². The molecule has 6 heteroatoms. The average Bonchev–Trinajstić information content (AvgIpc) is 3.23. The van der Waals surface area contributed by atoms with E-state index < -0.39 is 0 Å². The van der Waals surface area contributed by atoms with E-state index in [0.29, 0.717) is 13.2 Å². The van der Waals surface area contributed by atoms with Gasteiger partial charge in [0.1, 0.15) is 18.4 Å². The Bertz CT molecular complexity index is 599. The minimum atomic E-state index is -0.248. The molecule has 2 heterocycles. The molecule has 0 unspecified atom stereocenters. The average molecular weight is 378 g/mol. The van der Waals surface area contributed by atoms with Gasteiger partial charge in [0.25, 0.3) is 0 Å². The molecule has 3 atom stereocenters. The molecule has 0 saturated carbocycles. The molecular weight excluding hydrogens is 358 g/mol. The van der Waals surface area contributed by atoms with Gasteiger partial charge in [-0.1, -0.05) is 15.9 Å². The SMILES string of the molecule is N#C[C@@H]1CCCN1C(=O)[C@H]1CC[C@H](COc2ccc(Br)cc2)N1. The van der Waals surface area contributed by atoms with Crippen LogP contribution >= 0.6 is 15.9 Å². The summed E-state index contributed by atoms with van der Waals surface area (Å²) in [6.07, 6.45) is 3.44. The molecule has 23 heavy (non-hydrogen) atoms. The number of carbonyl (C=O) groups excluding carboxylic acids is 1. The summed E-state index contributed by atoms with van der Waals surface area (Å²) in [5.41, 5.74) is 0. The number of amides is 1. The molecule has 0 bridgehead atoms. The number of benzene rings is 1. The molecule has 0 spiro atoms. The molecule has 122 valence electrons. The lowest BCUT2D eigenvalue weighted by molar-refractivity contribution is -0.133. The molecular formula is C17H20BrN3O2. The molecule has 3 rings (SSSR count). The van der Waals surface area contributed by atoms with Gasteiger partial charge in [-0.25, -0.2) is 0 Å². The normalized spacial score (nSPS) is 27.0. The number of nitriles is 1. The number of likely N-dealkylation sites (tertiary alicyclic amines) is 1. The van der Waals surface area contributed by atoms with Crippen molar-refractivity contribution in [3.8, 4) is 11.8 Å². The van der Waals surface area contributed by atoms with Crippen molar-refractivity contribution in [1.29, 1.82) is 5.26 Å². The highest BCUT2D eigenvalue weighted by Crippen LogP contribution is 2.22. The van der Waals surface area contributed by atoms with E-state index in [1.165, 1.54) is 0 Å². The maximum atomic E-state index is 12.5. The van der Waals surface area contributed by atoms with E-state index in [1.807, 2.05) is 24.3 Å². The second-order valence-corrected chi connectivity index (χ2v) is 6.99. The lowest BCUT2D eigenvalue weighted by Gasteiger charge is -2.23. The van der Waals surface area contributed by atoms with Crippen LogP contribution in [0.3, 0.4) is 0 Å². The smallest absolute Gasteiger partial charge is 0.240 e. The third-order valence-corrected chi connectivity index (χ3v) is 5.02. The predicted molar refractivity (Wildman–Crippen MR) is 89.9 cm³/mol. The molecule has 1 N–H and O–H groups in total. The molecule has 1 aromatic rings. The summed E-state index contributed by atoms with van der Waals surface area (Å²) in [6, 6.07) is 9.71. The van der Waals surface area contributed by atoms with Gasteiger partial charge in [-0.3, -0.25) is 10.1 Å². The lowest BCUT2D eigenvalue weighted by Crippen LogP contribution is -2.47. The highest BCUT2D eigenvalue weighted by molar-refractivity contribution is 9.10. The highest BCUT2D eigenvalue weighted by atomic mass is 79.9. The first-order chi connectivity index (χ1) is 11.2. The Morgan fingerprint density at radius 2 is 2.13 bits per heavy atom. The second-order valence-electron chi connectivity index (χ2n) is 6.08. The van der Waals surface area contributed by atoms with Crippen LogP contribution in [0.1, 0.15) is 25.7 Å². The van der Waals surface area contributed by atoms with E-state index in [-0.39, 0.29) is 24.0 Å². The number of hydrogen-bond donors (Lipinski definition) is 1. The van der Waals surface area contributed by atoms with Crippen molar-refractivity contribution in [2.45, 2.75) is 43.8 Å².